The van der Waals surface area contributed by atoms with Gasteiger partial charge in [0.05, 0.1) is 20.0 Å². The Kier molecular flexibility index (Phi) is 4.57. The highest BCUT2D eigenvalue weighted by molar-refractivity contribution is 7.90. The standard InChI is InChI=1S/C13H8Cl4O2S/c1-20(18,19)10-6-9(15)11(13(17)12(10)16)7-2-4-8(14)5-3-7/h2-6H,1H3. The Morgan fingerprint density at radius 1 is 0.900 bits per heavy atom. The van der Waals surface area contributed by atoms with Crippen LogP contribution in [0.1, 0.15) is 0 Å². The first-order chi connectivity index (χ1) is 9.21. The van der Waals surface area contributed by atoms with Gasteiger partial charge < -0.3 is 0 Å². The summed E-state index contributed by atoms with van der Waals surface area (Å²) in [5, 5.41) is 0.840. The Bertz CT molecular complexity index is 768. The maximum Gasteiger partial charge on any atom is 0.177 e. The number of halogens is 4. The van der Waals surface area contributed by atoms with Crippen molar-refractivity contribution in [3.8, 4) is 11.1 Å². The van der Waals surface area contributed by atoms with Gasteiger partial charge in [0.25, 0.3) is 0 Å². The zero-order chi connectivity index (χ0) is 15.1. The molecule has 20 heavy (non-hydrogen) atoms. The van der Waals surface area contributed by atoms with E-state index < -0.39 is 9.84 Å². The Morgan fingerprint density at radius 2 is 1.45 bits per heavy atom. The SMILES string of the molecule is CS(=O)(=O)c1cc(Cl)c(-c2ccc(Cl)cc2)c(Cl)c1Cl. The van der Waals surface area contributed by atoms with Gasteiger partial charge in [0.15, 0.2) is 9.84 Å². The summed E-state index contributed by atoms with van der Waals surface area (Å²) >= 11 is 24.2. The maximum absolute atomic E-state index is 11.6. The Balaban J connectivity index is 2.74. The van der Waals surface area contributed by atoms with Crippen LogP contribution in [0.25, 0.3) is 11.1 Å². The van der Waals surface area contributed by atoms with Crippen LogP contribution < -0.4 is 0 Å². The van der Waals surface area contributed by atoms with Crippen molar-refractivity contribution in [1.82, 2.24) is 0 Å². The van der Waals surface area contributed by atoms with Gasteiger partial charge in [-0.05, 0) is 23.8 Å². The third kappa shape index (κ3) is 3.07. The quantitative estimate of drug-likeness (QED) is 0.666. The Labute approximate surface area is 137 Å². The van der Waals surface area contributed by atoms with Gasteiger partial charge >= 0.3 is 0 Å². The van der Waals surface area contributed by atoms with E-state index >= 15 is 0 Å². The molecule has 2 aromatic carbocycles. The first-order valence-corrected chi connectivity index (χ1v) is 8.75. The molecule has 0 aliphatic rings. The van der Waals surface area contributed by atoms with E-state index in [0.29, 0.717) is 16.1 Å². The molecular weight excluding hydrogens is 362 g/mol. The first-order valence-electron chi connectivity index (χ1n) is 5.35. The van der Waals surface area contributed by atoms with Crippen LogP contribution in [0.4, 0.5) is 0 Å². The summed E-state index contributed by atoms with van der Waals surface area (Å²) in [6.07, 6.45) is 1.04. The van der Waals surface area contributed by atoms with Crippen molar-refractivity contribution in [3.63, 3.8) is 0 Å². The van der Waals surface area contributed by atoms with E-state index in [1.165, 1.54) is 6.07 Å². The summed E-state index contributed by atoms with van der Waals surface area (Å²) < 4.78 is 23.3. The lowest BCUT2D eigenvalue weighted by molar-refractivity contribution is 0.602. The molecule has 0 aliphatic carbocycles. The maximum atomic E-state index is 11.6. The summed E-state index contributed by atoms with van der Waals surface area (Å²) in [7, 11) is -3.51. The molecule has 0 spiro atoms. The van der Waals surface area contributed by atoms with Crippen LogP contribution >= 0.6 is 46.4 Å². The van der Waals surface area contributed by atoms with E-state index in [-0.39, 0.29) is 20.0 Å². The highest BCUT2D eigenvalue weighted by Crippen LogP contribution is 2.42. The van der Waals surface area contributed by atoms with Crippen molar-refractivity contribution in [1.29, 1.82) is 0 Å². The fraction of sp³-hybridized carbons (Fsp3) is 0.0769. The predicted octanol–water partition coefficient (Wildman–Crippen LogP) is 5.37. The van der Waals surface area contributed by atoms with Gasteiger partial charge in [-0.15, -0.1) is 0 Å². The molecule has 0 aliphatic heterocycles. The lowest BCUT2D eigenvalue weighted by atomic mass is 10.1. The second-order valence-electron chi connectivity index (χ2n) is 4.14. The molecule has 0 atom stereocenters. The molecule has 0 N–H and O–H groups in total. The third-order valence-corrected chi connectivity index (χ3v) is 5.31. The van der Waals surface area contributed by atoms with Crippen LogP contribution in [0.3, 0.4) is 0 Å². The summed E-state index contributed by atoms with van der Waals surface area (Å²) in [5.41, 5.74) is 1.17. The zero-order valence-electron chi connectivity index (χ0n) is 10.1. The minimum absolute atomic E-state index is 0.0384. The number of hydrogen-bond acceptors (Lipinski definition) is 2. The van der Waals surface area contributed by atoms with E-state index in [2.05, 4.69) is 0 Å². The fourth-order valence-electron chi connectivity index (χ4n) is 1.72. The minimum atomic E-state index is -3.51. The van der Waals surface area contributed by atoms with Crippen molar-refractivity contribution in [2.24, 2.45) is 0 Å². The Morgan fingerprint density at radius 3 is 1.95 bits per heavy atom. The molecule has 0 heterocycles. The average molecular weight is 370 g/mol. The second-order valence-corrected chi connectivity index (χ2v) is 7.72. The second kappa shape index (κ2) is 5.74. The smallest absolute Gasteiger partial charge is 0.177 e. The van der Waals surface area contributed by atoms with Crippen molar-refractivity contribution in [2.45, 2.75) is 4.90 Å². The summed E-state index contributed by atoms with van der Waals surface area (Å²) in [5.74, 6) is 0. The van der Waals surface area contributed by atoms with Gasteiger partial charge in [-0.2, -0.15) is 0 Å². The number of sulfone groups is 1. The van der Waals surface area contributed by atoms with E-state index in [1.54, 1.807) is 24.3 Å². The molecule has 2 aromatic rings. The molecule has 0 saturated carbocycles. The monoisotopic (exact) mass is 368 g/mol. The van der Waals surface area contributed by atoms with Crippen LogP contribution in [0.15, 0.2) is 35.2 Å². The lowest BCUT2D eigenvalue weighted by Gasteiger charge is -2.12. The third-order valence-electron chi connectivity index (χ3n) is 2.66. The number of rotatable bonds is 2. The summed E-state index contributed by atoms with van der Waals surface area (Å²) in [6, 6.07) is 8.12. The topological polar surface area (TPSA) is 34.1 Å². The normalized spacial score (nSPS) is 11.7. The molecule has 0 fully saturated rings. The van der Waals surface area contributed by atoms with Crippen molar-refractivity contribution in [2.75, 3.05) is 6.26 Å². The summed E-state index contributed by atoms with van der Waals surface area (Å²) in [6.45, 7) is 0. The molecule has 0 amide bonds. The van der Waals surface area contributed by atoms with Gasteiger partial charge in [-0.3, -0.25) is 0 Å². The largest absolute Gasteiger partial charge is 0.224 e. The molecular formula is C13H8Cl4O2S. The van der Waals surface area contributed by atoms with Gasteiger partial charge in [0.1, 0.15) is 0 Å². The Hall–Kier alpha value is -0.450. The van der Waals surface area contributed by atoms with E-state index in [9.17, 15) is 8.42 Å². The minimum Gasteiger partial charge on any atom is -0.224 e. The number of hydrogen-bond donors (Lipinski definition) is 0. The summed E-state index contributed by atoms with van der Waals surface area (Å²) in [4.78, 5) is -0.0909. The molecule has 0 radical (unpaired) electrons. The average Bonchev–Trinajstić information content (AvgIpc) is 2.35. The lowest BCUT2D eigenvalue weighted by Crippen LogP contribution is -1.99. The molecule has 0 saturated heterocycles. The van der Waals surface area contributed by atoms with Crippen LogP contribution in [-0.2, 0) is 9.84 Å². The van der Waals surface area contributed by atoms with E-state index in [4.69, 9.17) is 46.4 Å². The highest BCUT2D eigenvalue weighted by Gasteiger charge is 2.21. The highest BCUT2D eigenvalue weighted by atomic mass is 35.5. The van der Waals surface area contributed by atoms with Crippen molar-refractivity contribution in [3.05, 3.63) is 50.4 Å². The fourth-order valence-corrected chi connectivity index (χ4v) is 3.97. The molecule has 0 bridgehead atoms. The molecule has 106 valence electrons. The van der Waals surface area contributed by atoms with Gasteiger partial charge in [0, 0.05) is 16.8 Å². The van der Waals surface area contributed by atoms with Gasteiger partial charge in [-0.1, -0.05) is 58.5 Å². The van der Waals surface area contributed by atoms with Crippen LogP contribution in [0.5, 0.6) is 0 Å². The van der Waals surface area contributed by atoms with E-state index in [0.717, 1.165) is 6.26 Å². The predicted molar refractivity (Wildman–Crippen MR) is 85.0 cm³/mol. The molecule has 7 heteroatoms. The number of benzene rings is 2. The van der Waals surface area contributed by atoms with Gasteiger partial charge in [0.2, 0.25) is 0 Å². The molecule has 0 unspecified atom stereocenters. The first kappa shape index (κ1) is 15.9. The molecule has 2 nitrogen and oxygen atoms in total. The van der Waals surface area contributed by atoms with Crippen molar-refractivity contribution >= 4 is 56.2 Å². The zero-order valence-corrected chi connectivity index (χ0v) is 14.0. The van der Waals surface area contributed by atoms with Crippen LogP contribution in [-0.4, -0.2) is 14.7 Å². The van der Waals surface area contributed by atoms with Crippen molar-refractivity contribution < 1.29 is 8.42 Å². The molecule has 0 aromatic heterocycles. The van der Waals surface area contributed by atoms with Crippen LogP contribution in [0, 0.1) is 0 Å². The molecule has 2 rings (SSSR count). The van der Waals surface area contributed by atoms with Crippen LogP contribution in [0.2, 0.25) is 20.1 Å². The van der Waals surface area contributed by atoms with Gasteiger partial charge in [-0.25, -0.2) is 8.42 Å². The van der Waals surface area contributed by atoms with E-state index in [1.807, 2.05) is 0 Å².